The third-order valence-electron chi connectivity index (χ3n) is 4.56. The summed E-state index contributed by atoms with van der Waals surface area (Å²) in [5, 5.41) is 4.60. The van der Waals surface area contributed by atoms with E-state index in [9.17, 15) is 4.79 Å². The van der Waals surface area contributed by atoms with E-state index >= 15 is 0 Å². The first-order chi connectivity index (χ1) is 9.94. The van der Waals surface area contributed by atoms with Crippen LogP contribution in [0.1, 0.15) is 29.7 Å². The van der Waals surface area contributed by atoms with Gasteiger partial charge >= 0.3 is 6.03 Å². The van der Waals surface area contributed by atoms with Crippen molar-refractivity contribution in [2.24, 2.45) is 0 Å². The zero-order chi connectivity index (χ0) is 14.9. The molecule has 21 heavy (non-hydrogen) atoms. The quantitative estimate of drug-likeness (QED) is 0.732. The van der Waals surface area contributed by atoms with Gasteiger partial charge in [-0.05, 0) is 41.3 Å². The van der Waals surface area contributed by atoms with Gasteiger partial charge in [-0.15, -0.1) is 0 Å². The van der Waals surface area contributed by atoms with Crippen molar-refractivity contribution in [2.45, 2.75) is 31.6 Å². The van der Waals surface area contributed by atoms with Gasteiger partial charge in [-0.2, -0.15) is 9.78 Å². The molecule has 2 aromatic heterocycles. The molecule has 2 aliphatic rings. The zero-order valence-electron chi connectivity index (χ0n) is 12.2. The van der Waals surface area contributed by atoms with Gasteiger partial charge in [0.15, 0.2) is 0 Å². The van der Waals surface area contributed by atoms with Gasteiger partial charge < -0.3 is 9.32 Å². The molecule has 0 N–H and O–H groups in total. The molecule has 1 spiro atoms. The first-order valence-corrected chi connectivity index (χ1v) is 7.82. The Balaban J connectivity index is 1.99. The van der Waals surface area contributed by atoms with Gasteiger partial charge in [0, 0.05) is 37.1 Å². The highest BCUT2D eigenvalue weighted by atomic mass is 79.9. The minimum absolute atomic E-state index is 0.107. The van der Waals surface area contributed by atoms with Gasteiger partial charge in [0.05, 0.1) is 6.26 Å². The number of hydrogen-bond donors (Lipinski definition) is 0. The van der Waals surface area contributed by atoms with Gasteiger partial charge in [-0.1, -0.05) is 0 Å². The number of hydrogen-bond acceptors (Lipinski definition) is 3. The number of carbonyl (C=O) groups excluding carboxylic acids is 1. The molecule has 1 amide bonds. The fraction of sp³-hybridized carbons (Fsp3) is 0.467. The molecule has 0 radical (unpaired) electrons. The van der Waals surface area contributed by atoms with Gasteiger partial charge in [-0.25, -0.2) is 4.79 Å². The van der Waals surface area contributed by atoms with Crippen LogP contribution in [0.25, 0.3) is 11.3 Å². The number of fused-ring (bicyclic) bond motifs is 4. The van der Waals surface area contributed by atoms with E-state index in [4.69, 9.17) is 4.42 Å². The molecule has 5 nitrogen and oxygen atoms in total. The Labute approximate surface area is 131 Å². The van der Waals surface area contributed by atoms with Crippen molar-refractivity contribution in [3.63, 3.8) is 0 Å². The molecule has 2 aliphatic carbocycles. The van der Waals surface area contributed by atoms with Gasteiger partial charge in [-0.3, -0.25) is 0 Å². The van der Waals surface area contributed by atoms with E-state index in [0.29, 0.717) is 0 Å². The van der Waals surface area contributed by atoms with E-state index in [0.717, 1.165) is 46.4 Å². The van der Waals surface area contributed by atoms with Crippen LogP contribution in [0.2, 0.25) is 0 Å². The third-order valence-corrected chi connectivity index (χ3v) is 5.30. The molecular weight excluding hydrogens is 334 g/mol. The molecule has 4 rings (SSSR count). The summed E-state index contributed by atoms with van der Waals surface area (Å²) >= 11 is 3.61. The highest BCUT2D eigenvalue weighted by Gasteiger charge is 2.53. The summed E-state index contributed by atoms with van der Waals surface area (Å²) in [5.74, 6) is 1.01. The monoisotopic (exact) mass is 349 g/mol. The Morgan fingerprint density at radius 3 is 2.81 bits per heavy atom. The Morgan fingerprint density at radius 1 is 1.48 bits per heavy atom. The second kappa shape index (κ2) is 4.00. The molecule has 0 atom stereocenters. The maximum atomic E-state index is 12.3. The predicted molar refractivity (Wildman–Crippen MR) is 81.5 cm³/mol. The van der Waals surface area contributed by atoms with Crippen molar-refractivity contribution in [3.8, 4) is 11.3 Å². The molecule has 0 saturated heterocycles. The lowest BCUT2D eigenvalue weighted by molar-refractivity contribution is 0.215. The average Bonchev–Trinajstić information content (AvgIpc) is 2.96. The number of carbonyl (C=O) groups is 1. The minimum atomic E-state index is -0.144. The van der Waals surface area contributed by atoms with Crippen LogP contribution in [0, 0.1) is 6.92 Å². The molecule has 0 aromatic carbocycles. The Bertz CT molecular complexity index is 768. The van der Waals surface area contributed by atoms with Crippen LogP contribution >= 0.6 is 15.9 Å². The van der Waals surface area contributed by atoms with E-state index in [1.807, 2.05) is 6.92 Å². The normalized spacial score (nSPS) is 17.5. The number of amides is 1. The number of aromatic nitrogens is 2. The first kappa shape index (κ1) is 13.1. The topological polar surface area (TPSA) is 51.3 Å². The summed E-state index contributed by atoms with van der Waals surface area (Å²) in [6.07, 6.45) is 4.94. The van der Waals surface area contributed by atoms with Crippen molar-refractivity contribution in [1.82, 2.24) is 14.7 Å². The van der Waals surface area contributed by atoms with Crippen LogP contribution in [-0.2, 0) is 11.8 Å². The van der Waals surface area contributed by atoms with Crippen LogP contribution < -0.4 is 0 Å². The van der Waals surface area contributed by atoms with E-state index in [2.05, 4.69) is 21.0 Å². The molecular formula is C15H16BrN3O2. The lowest BCUT2D eigenvalue weighted by Crippen LogP contribution is -2.28. The molecule has 6 heteroatoms. The van der Waals surface area contributed by atoms with Crippen molar-refractivity contribution >= 4 is 22.0 Å². The summed E-state index contributed by atoms with van der Waals surface area (Å²) in [5.41, 5.74) is 4.33. The van der Waals surface area contributed by atoms with Gasteiger partial charge in [0.1, 0.15) is 16.1 Å². The third kappa shape index (κ3) is 1.62. The Hall–Kier alpha value is -1.56. The standard InChI is InChI=1S/C15H16BrN3O2/c1-8-7-21-9-6-15(4-5-15)11-12(10(8)9)17-19(13(11)16)14(20)18(2)3/h7H,4-6H2,1-3H3. The van der Waals surface area contributed by atoms with Crippen molar-refractivity contribution in [2.75, 3.05) is 14.1 Å². The number of rotatable bonds is 0. The number of halogens is 1. The molecule has 1 fully saturated rings. The number of furan rings is 1. The molecule has 0 aliphatic heterocycles. The number of aryl methyl sites for hydroxylation is 1. The molecule has 0 unspecified atom stereocenters. The molecule has 110 valence electrons. The maximum absolute atomic E-state index is 12.3. The summed E-state index contributed by atoms with van der Waals surface area (Å²) in [6, 6.07) is -0.144. The van der Waals surface area contributed by atoms with Crippen molar-refractivity contribution in [1.29, 1.82) is 0 Å². The fourth-order valence-electron chi connectivity index (χ4n) is 3.28. The van der Waals surface area contributed by atoms with Crippen LogP contribution in [0.15, 0.2) is 15.3 Å². The fourth-order valence-corrected chi connectivity index (χ4v) is 4.12. The first-order valence-electron chi connectivity index (χ1n) is 7.02. The average molecular weight is 350 g/mol. The van der Waals surface area contributed by atoms with Crippen molar-refractivity contribution < 1.29 is 9.21 Å². The Morgan fingerprint density at radius 2 is 2.19 bits per heavy atom. The minimum Gasteiger partial charge on any atom is -0.468 e. The second-order valence-electron chi connectivity index (χ2n) is 6.28. The highest BCUT2D eigenvalue weighted by molar-refractivity contribution is 9.10. The molecule has 2 heterocycles. The zero-order valence-corrected chi connectivity index (χ0v) is 13.8. The van der Waals surface area contributed by atoms with Crippen LogP contribution in [-0.4, -0.2) is 34.8 Å². The largest absolute Gasteiger partial charge is 0.468 e. The molecule has 0 bridgehead atoms. The molecule has 2 aromatic rings. The van der Waals surface area contributed by atoms with Gasteiger partial charge in [0.2, 0.25) is 0 Å². The summed E-state index contributed by atoms with van der Waals surface area (Å²) in [6.45, 7) is 2.03. The maximum Gasteiger partial charge on any atom is 0.345 e. The van der Waals surface area contributed by atoms with E-state index < -0.39 is 0 Å². The van der Waals surface area contributed by atoms with E-state index in [-0.39, 0.29) is 11.4 Å². The Kier molecular flexibility index (Phi) is 2.50. The predicted octanol–water partition coefficient (Wildman–Crippen LogP) is 3.33. The second-order valence-corrected chi connectivity index (χ2v) is 7.03. The van der Waals surface area contributed by atoms with E-state index in [1.54, 1.807) is 20.4 Å². The smallest absolute Gasteiger partial charge is 0.345 e. The number of nitrogens with zero attached hydrogens (tertiary/aromatic N) is 3. The molecule has 1 saturated carbocycles. The van der Waals surface area contributed by atoms with Gasteiger partial charge in [0.25, 0.3) is 0 Å². The van der Waals surface area contributed by atoms with Crippen LogP contribution in [0.5, 0.6) is 0 Å². The van der Waals surface area contributed by atoms with Crippen LogP contribution in [0.4, 0.5) is 4.79 Å². The summed E-state index contributed by atoms with van der Waals surface area (Å²) in [7, 11) is 3.47. The highest BCUT2D eigenvalue weighted by Crippen LogP contribution is 2.59. The summed E-state index contributed by atoms with van der Waals surface area (Å²) in [4.78, 5) is 13.9. The lowest BCUT2D eigenvalue weighted by atomic mass is 9.83. The lowest BCUT2D eigenvalue weighted by Gasteiger charge is -2.20. The van der Waals surface area contributed by atoms with Crippen molar-refractivity contribution in [3.05, 3.63) is 27.8 Å². The van der Waals surface area contributed by atoms with E-state index in [1.165, 1.54) is 15.1 Å². The SMILES string of the molecule is Cc1coc2c1-c1nn(C(=O)N(C)C)c(Br)c1C1(CC1)C2. The summed E-state index contributed by atoms with van der Waals surface area (Å²) < 4.78 is 7.97. The van der Waals surface area contributed by atoms with Crippen LogP contribution in [0.3, 0.4) is 0 Å².